The summed E-state index contributed by atoms with van der Waals surface area (Å²) in [6, 6.07) is 2.28. The van der Waals surface area contributed by atoms with Crippen LogP contribution in [-0.4, -0.2) is 23.0 Å². The smallest absolute Gasteiger partial charge is 0.365 e. The Morgan fingerprint density at radius 1 is 1.64 bits per heavy atom. The van der Waals surface area contributed by atoms with E-state index in [2.05, 4.69) is 9.72 Å². The number of carbonyl (C=O) groups excluding carboxylic acids is 1. The van der Waals surface area contributed by atoms with Crippen molar-refractivity contribution in [3.8, 4) is 0 Å². The molecule has 0 aromatic carbocycles. The molecule has 1 aromatic rings. The maximum Gasteiger partial charge on any atom is 0.365 e. The molecule has 0 saturated heterocycles. The molecule has 1 heterocycles. The largest absolute Gasteiger partial charge is 0.465 e. The van der Waals surface area contributed by atoms with Gasteiger partial charge >= 0.3 is 11.8 Å². The fraction of sp³-hybridized carbons (Fsp3) is 0.143. The zero-order chi connectivity index (χ0) is 10.7. The summed E-state index contributed by atoms with van der Waals surface area (Å²) in [5, 5.41) is 10.0. The number of nitro groups is 1. The number of halogens is 1. The van der Waals surface area contributed by atoms with Gasteiger partial charge < -0.3 is 14.9 Å². The van der Waals surface area contributed by atoms with Crippen LogP contribution >= 0.6 is 11.6 Å². The van der Waals surface area contributed by atoms with Crippen LogP contribution in [0.2, 0.25) is 5.15 Å². The van der Waals surface area contributed by atoms with Gasteiger partial charge in [-0.1, -0.05) is 0 Å². The van der Waals surface area contributed by atoms with Crippen LogP contribution in [0.15, 0.2) is 12.1 Å². The lowest BCUT2D eigenvalue weighted by Gasteiger charge is -1.98. The van der Waals surface area contributed by atoms with Gasteiger partial charge in [0.15, 0.2) is 0 Å². The highest BCUT2D eigenvalue weighted by Gasteiger charge is 2.18. The Morgan fingerprint density at radius 3 is 2.71 bits per heavy atom. The molecular weight excluding hydrogens is 212 g/mol. The van der Waals surface area contributed by atoms with Crippen LogP contribution in [0.5, 0.6) is 0 Å². The summed E-state index contributed by atoms with van der Waals surface area (Å²) < 4.78 is 4.38. The molecule has 0 atom stereocenters. The topological polar surface area (TPSA) is 82.3 Å². The molecule has 0 unspecified atom stereocenters. The van der Waals surface area contributed by atoms with Gasteiger partial charge in [0.25, 0.3) is 5.15 Å². The molecule has 0 fully saturated rings. The lowest BCUT2D eigenvalue weighted by Crippen LogP contribution is -2.04. The number of pyridine rings is 1. The van der Waals surface area contributed by atoms with E-state index in [0.29, 0.717) is 0 Å². The van der Waals surface area contributed by atoms with Crippen LogP contribution in [0.3, 0.4) is 0 Å². The van der Waals surface area contributed by atoms with Gasteiger partial charge in [0, 0.05) is 6.07 Å². The number of esters is 1. The molecular formula is C7H5ClN2O4. The number of aromatic nitrogens is 1. The van der Waals surface area contributed by atoms with Gasteiger partial charge in [-0.2, -0.15) is 0 Å². The monoisotopic (exact) mass is 216 g/mol. The zero-order valence-electron chi connectivity index (χ0n) is 7.06. The van der Waals surface area contributed by atoms with Crippen molar-refractivity contribution < 1.29 is 14.5 Å². The highest BCUT2D eigenvalue weighted by Crippen LogP contribution is 2.18. The Balaban J connectivity index is 3.14. The molecule has 0 saturated carbocycles. The summed E-state index contributed by atoms with van der Waals surface area (Å²) in [6.45, 7) is 0. The molecule has 1 aromatic heterocycles. The lowest BCUT2D eigenvalue weighted by molar-refractivity contribution is -0.389. The Bertz CT molecular complexity index is 393. The molecule has 0 bridgehead atoms. The third-order valence-corrected chi connectivity index (χ3v) is 1.71. The zero-order valence-corrected chi connectivity index (χ0v) is 7.82. The van der Waals surface area contributed by atoms with E-state index in [1.807, 2.05) is 0 Å². The SMILES string of the molecule is COC(=O)c1ccc([N+](=O)[O-])nc1Cl. The molecule has 74 valence electrons. The van der Waals surface area contributed by atoms with E-state index in [4.69, 9.17) is 11.6 Å². The average Bonchev–Trinajstić information content (AvgIpc) is 2.16. The van der Waals surface area contributed by atoms with Crippen LogP contribution in [0.4, 0.5) is 5.82 Å². The Kier molecular flexibility index (Phi) is 2.98. The second-order valence-corrected chi connectivity index (χ2v) is 2.61. The molecule has 0 aliphatic carbocycles. The number of carbonyl (C=O) groups is 1. The summed E-state index contributed by atoms with van der Waals surface area (Å²) in [4.78, 5) is 24.0. The highest BCUT2D eigenvalue weighted by atomic mass is 35.5. The molecule has 0 aliphatic rings. The third-order valence-electron chi connectivity index (χ3n) is 1.43. The van der Waals surface area contributed by atoms with Crippen molar-refractivity contribution in [1.82, 2.24) is 4.98 Å². The van der Waals surface area contributed by atoms with Gasteiger partial charge in [0.1, 0.15) is 5.56 Å². The molecule has 6 nitrogen and oxygen atoms in total. The first-order valence-corrected chi connectivity index (χ1v) is 3.83. The molecule has 0 N–H and O–H groups in total. The van der Waals surface area contributed by atoms with Crippen molar-refractivity contribution >= 4 is 23.4 Å². The summed E-state index contributed by atoms with van der Waals surface area (Å²) in [5.74, 6) is -1.10. The summed E-state index contributed by atoms with van der Waals surface area (Å²) in [7, 11) is 1.18. The molecule has 0 aliphatic heterocycles. The minimum absolute atomic E-state index is 0.000216. The average molecular weight is 217 g/mol. The van der Waals surface area contributed by atoms with Crippen molar-refractivity contribution in [3.63, 3.8) is 0 Å². The summed E-state index contributed by atoms with van der Waals surface area (Å²) >= 11 is 5.53. The normalized spacial score (nSPS) is 9.57. The molecule has 14 heavy (non-hydrogen) atoms. The maximum atomic E-state index is 11.0. The number of ether oxygens (including phenoxy) is 1. The van der Waals surface area contributed by atoms with Crippen molar-refractivity contribution in [2.75, 3.05) is 7.11 Å². The molecule has 0 amide bonds. The lowest BCUT2D eigenvalue weighted by atomic mass is 10.3. The summed E-state index contributed by atoms with van der Waals surface area (Å²) in [6.07, 6.45) is 0. The minimum Gasteiger partial charge on any atom is -0.465 e. The second-order valence-electron chi connectivity index (χ2n) is 2.26. The van der Waals surface area contributed by atoms with Gasteiger partial charge in [0.05, 0.1) is 7.11 Å². The number of methoxy groups -OCH3 is 1. The van der Waals surface area contributed by atoms with Crippen molar-refractivity contribution in [3.05, 3.63) is 33.0 Å². The van der Waals surface area contributed by atoms with Crippen molar-refractivity contribution in [2.24, 2.45) is 0 Å². The minimum atomic E-state index is -0.701. The van der Waals surface area contributed by atoms with E-state index in [-0.39, 0.29) is 10.7 Å². The van der Waals surface area contributed by atoms with Crippen molar-refractivity contribution in [1.29, 1.82) is 0 Å². The van der Waals surface area contributed by atoms with Gasteiger partial charge in [-0.25, -0.2) is 4.79 Å². The van der Waals surface area contributed by atoms with E-state index in [1.165, 1.54) is 13.2 Å². The second kappa shape index (κ2) is 4.01. The predicted molar refractivity (Wildman–Crippen MR) is 47.2 cm³/mol. The van der Waals surface area contributed by atoms with Crippen LogP contribution in [-0.2, 0) is 4.74 Å². The number of hydrogen-bond acceptors (Lipinski definition) is 5. The van der Waals surface area contributed by atoms with Gasteiger partial charge in [-0.3, -0.25) is 0 Å². The van der Waals surface area contributed by atoms with Gasteiger partial charge in [0.2, 0.25) is 0 Å². The quantitative estimate of drug-likeness (QED) is 0.323. The Morgan fingerprint density at radius 2 is 2.29 bits per heavy atom. The van der Waals surface area contributed by atoms with E-state index in [1.54, 1.807) is 0 Å². The first-order chi connectivity index (χ1) is 6.56. The first-order valence-electron chi connectivity index (χ1n) is 3.45. The van der Waals surface area contributed by atoms with Gasteiger partial charge in [-0.15, -0.1) is 0 Å². The van der Waals surface area contributed by atoms with Gasteiger partial charge in [-0.05, 0) is 27.6 Å². The van der Waals surface area contributed by atoms with E-state index in [9.17, 15) is 14.9 Å². The fourth-order valence-corrected chi connectivity index (χ4v) is 1.02. The number of nitrogens with zero attached hydrogens (tertiary/aromatic N) is 2. The first kappa shape index (κ1) is 10.4. The van der Waals surface area contributed by atoms with Crippen LogP contribution in [0.1, 0.15) is 10.4 Å². The van der Waals surface area contributed by atoms with E-state index in [0.717, 1.165) is 6.07 Å². The van der Waals surface area contributed by atoms with E-state index >= 15 is 0 Å². The molecule has 0 radical (unpaired) electrons. The molecule has 7 heteroatoms. The summed E-state index contributed by atoms with van der Waals surface area (Å²) in [5.41, 5.74) is -0.000216. The predicted octanol–water partition coefficient (Wildman–Crippen LogP) is 1.43. The Hall–Kier alpha value is -1.69. The number of rotatable bonds is 2. The van der Waals surface area contributed by atoms with E-state index < -0.39 is 16.7 Å². The third kappa shape index (κ3) is 1.97. The molecule has 0 spiro atoms. The van der Waals surface area contributed by atoms with Crippen LogP contribution in [0.25, 0.3) is 0 Å². The highest BCUT2D eigenvalue weighted by molar-refractivity contribution is 6.32. The number of hydrogen-bond donors (Lipinski definition) is 0. The maximum absolute atomic E-state index is 11.0. The van der Waals surface area contributed by atoms with Crippen molar-refractivity contribution in [2.45, 2.75) is 0 Å². The van der Waals surface area contributed by atoms with Crippen LogP contribution < -0.4 is 0 Å². The standard InChI is InChI=1S/C7H5ClN2O4/c1-14-7(11)4-2-3-5(10(12)13)9-6(4)8/h2-3H,1H3. The Labute approximate surface area is 83.6 Å². The molecule has 1 rings (SSSR count). The van der Waals surface area contributed by atoms with Crippen LogP contribution in [0, 0.1) is 10.1 Å². The fourth-order valence-electron chi connectivity index (χ4n) is 0.789.